The zero-order chi connectivity index (χ0) is 14.5. The van der Waals surface area contributed by atoms with Crippen molar-refractivity contribution in [3.63, 3.8) is 0 Å². The Labute approximate surface area is 130 Å². The topological polar surface area (TPSA) is 24.5 Å². The zero-order valence-corrected chi connectivity index (χ0v) is 12.6. The Bertz CT molecular complexity index is 603. The Morgan fingerprint density at radius 3 is 2.81 bits per heavy atom. The predicted octanol–water partition coefficient (Wildman–Crippen LogP) is 3.65. The van der Waals surface area contributed by atoms with Gasteiger partial charge in [-0.1, -0.05) is 41.9 Å². The fourth-order valence-electron chi connectivity index (χ4n) is 2.52. The number of ether oxygens (including phenoxy) is 1. The molecule has 1 aliphatic heterocycles. The van der Waals surface area contributed by atoms with Crippen molar-refractivity contribution < 1.29 is 4.74 Å². The summed E-state index contributed by atoms with van der Waals surface area (Å²) >= 11 is 6.14. The van der Waals surface area contributed by atoms with Crippen LogP contribution in [0.5, 0.6) is 5.75 Å². The minimum Gasteiger partial charge on any atom is -0.492 e. The van der Waals surface area contributed by atoms with Crippen LogP contribution in [-0.2, 0) is 6.54 Å². The molecule has 2 aromatic rings. The summed E-state index contributed by atoms with van der Waals surface area (Å²) in [5.74, 6) is 1.01. The van der Waals surface area contributed by atoms with Gasteiger partial charge in [0, 0.05) is 31.7 Å². The van der Waals surface area contributed by atoms with Gasteiger partial charge in [0.05, 0.1) is 10.7 Å². The molecule has 0 aliphatic carbocycles. The molecule has 0 aromatic heterocycles. The summed E-state index contributed by atoms with van der Waals surface area (Å²) in [4.78, 5) is 2.40. The van der Waals surface area contributed by atoms with Crippen LogP contribution in [0.4, 0.5) is 5.69 Å². The highest BCUT2D eigenvalue weighted by Crippen LogP contribution is 2.23. The number of hydrogen-bond donors (Lipinski definition) is 1. The van der Waals surface area contributed by atoms with Crippen molar-refractivity contribution in [1.82, 2.24) is 4.90 Å². The van der Waals surface area contributed by atoms with Crippen molar-refractivity contribution in [2.75, 3.05) is 31.6 Å². The van der Waals surface area contributed by atoms with E-state index in [-0.39, 0.29) is 0 Å². The maximum Gasteiger partial charge on any atom is 0.123 e. The molecule has 0 bridgehead atoms. The molecule has 3 rings (SSSR count). The molecule has 21 heavy (non-hydrogen) atoms. The van der Waals surface area contributed by atoms with Crippen LogP contribution in [0.15, 0.2) is 48.5 Å². The van der Waals surface area contributed by atoms with E-state index in [1.165, 1.54) is 5.56 Å². The maximum atomic E-state index is 6.14. The van der Waals surface area contributed by atoms with Crippen molar-refractivity contribution in [2.45, 2.75) is 6.54 Å². The number of nitrogens with one attached hydrogen (secondary N) is 1. The number of para-hydroxylation sites is 2. The first kappa shape index (κ1) is 14.2. The number of benzene rings is 2. The molecule has 1 N–H and O–H groups in total. The number of fused-ring (bicyclic) bond motifs is 1. The molecule has 0 fully saturated rings. The van der Waals surface area contributed by atoms with Gasteiger partial charge in [-0.3, -0.25) is 4.90 Å². The SMILES string of the molecule is Clc1ccccc1NCCN1CCOc2ccccc2C1. The second kappa shape index (κ2) is 6.83. The van der Waals surface area contributed by atoms with Crippen molar-refractivity contribution in [3.8, 4) is 5.75 Å². The van der Waals surface area contributed by atoms with E-state index in [1.54, 1.807) is 0 Å². The van der Waals surface area contributed by atoms with Crippen LogP contribution in [0, 0.1) is 0 Å². The van der Waals surface area contributed by atoms with Crippen molar-refractivity contribution in [3.05, 3.63) is 59.1 Å². The van der Waals surface area contributed by atoms with Crippen LogP contribution in [0.2, 0.25) is 5.02 Å². The van der Waals surface area contributed by atoms with Crippen LogP contribution in [-0.4, -0.2) is 31.1 Å². The Hall–Kier alpha value is -1.71. The predicted molar refractivity (Wildman–Crippen MR) is 87.2 cm³/mol. The Balaban J connectivity index is 1.55. The van der Waals surface area contributed by atoms with E-state index in [1.807, 2.05) is 36.4 Å². The van der Waals surface area contributed by atoms with Crippen LogP contribution in [0.3, 0.4) is 0 Å². The van der Waals surface area contributed by atoms with Gasteiger partial charge < -0.3 is 10.1 Å². The van der Waals surface area contributed by atoms with E-state index < -0.39 is 0 Å². The molecule has 1 aliphatic rings. The second-order valence-corrected chi connectivity index (χ2v) is 5.55. The van der Waals surface area contributed by atoms with Crippen LogP contribution in [0.25, 0.3) is 0 Å². The van der Waals surface area contributed by atoms with Gasteiger partial charge in [0.2, 0.25) is 0 Å². The third-order valence-electron chi connectivity index (χ3n) is 3.65. The standard InChI is InChI=1S/C17H19ClN2O/c18-15-6-2-3-7-16(15)19-9-10-20-11-12-21-17-8-4-1-5-14(17)13-20/h1-8,19H,9-13H2. The van der Waals surface area contributed by atoms with Crippen LogP contribution >= 0.6 is 11.6 Å². The lowest BCUT2D eigenvalue weighted by Gasteiger charge is -2.20. The minimum absolute atomic E-state index is 0.739. The molecule has 2 aromatic carbocycles. The molecule has 0 radical (unpaired) electrons. The number of hydrogen-bond acceptors (Lipinski definition) is 3. The Kier molecular flexibility index (Phi) is 4.63. The quantitative estimate of drug-likeness (QED) is 0.933. The van der Waals surface area contributed by atoms with E-state index in [4.69, 9.17) is 16.3 Å². The largest absolute Gasteiger partial charge is 0.492 e. The molecule has 0 saturated heterocycles. The highest BCUT2D eigenvalue weighted by Gasteiger charge is 2.14. The number of halogens is 1. The van der Waals surface area contributed by atoms with E-state index in [0.29, 0.717) is 0 Å². The number of nitrogens with zero attached hydrogens (tertiary/aromatic N) is 1. The molecule has 0 unspecified atom stereocenters. The zero-order valence-electron chi connectivity index (χ0n) is 11.9. The van der Waals surface area contributed by atoms with Gasteiger partial charge >= 0.3 is 0 Å². The lowest BCUT2D eigenvalue weighted by atomic mass is 10.2. The summed E-state index contributed by atoms with van der Waals surface area (Å²) < 4.78 is 5.78. The lowest BCUT2D eigenvalue weighted by molar-refractivity contribution is 0.232. The average Bonchev–Trinajstić information content (AvgIpc) is 2.71. The van der Waals surface area contributed by atoms with Gasteiger partial charge in [0.25, 0.3) is 0 Å². The lowest BCUT2D eigenvalue weighted by Crippen LogP contribution is -2.30. The second-order valence-electron chi connectivity index (χ2n) is 5.14. The molecular formula is C17H19ClN2O. The highest BCUT2D eigenvalue weighted by atomic mass is 35.5. The van der Waals surface area contributed by atoms with Crippen molar-refractivity contribution in [1.29, 1.82) is 0 Å². The third-order valence-corrected chi connectivity index (χ3v) is 3.98. The molecule has 0 amide bonds. The molecule has 0 spiro atoms. The normalized spacial score (nSPS) is 14.9. The minimum atomic E-state index is 0.739. The first-order valence-electron chi connectivity index (χ1n) is 7.24. The van der Waals surface area contributed by atoms with Gasteiger partial charge in [0.15, 0.2) is 0 Å². The summed E-state index contributed by atoms with van der Waals surface area (Å²) in [5, 5.41) is 4.16. The van der Waals surface area contributed by atoms with Crippen molar-refractivity contribution in [2.24, 2.45) is 0 Å². The monoisotopic (exact) mass is 302 g/mol. The fourth-order valence-corrected chi connectivity index (χ4v) is 2.73. The van der Waals surface area contributed by atoms with E-state index in [9.17, 15) is 0 Å². The van der Waals surface area contributed by atoms with Gasteiger partial charge in [-0.2, -0.15) is 0 Å². The maximum absolute atomic E-state index is 6.14. The Morgan fingerprint density at radius 2 is 1.90 bits per heavy atom. The summed E-state index contributed by atoms with van der Waals surface area (Å²) in [6, 6.07) is 16.1. The van der Waals surface area contributed by atoms with Gasteiger partial charge in [0.1, 0.15) is 12.4 Å². The fraction of sp³-hybridized carbons (Fsp3) is 0.294. The van der Waals surface area contributed by atoms with Crippen LogP contribution < -0.4 is 10.1 Å². The Morgan fingerprint density at radius 1 is 1.10 bits per heavy atom. The molecule has 1 heterocycles. The van der Waals surface area contributed by atoms with E-state index in [0.717, 1.165) is 49.2 Å². The summed E-state index contributed by atoms with van der Waals surface area (Å²) in [6.07, 6.45) is 0. The van der Waals surface area contributed by atoms with Crippen molar-refractivity contribution >= 4 is 17.3 Å². The highest BCUT2D eigenvalue weighted by molar-refractivity contribution is 6.33. The third kappa shape index (κ3) is 3.69. The van der Waals surface area contributed by atoms with Crippen LogP contribution in [0.1, 0.15) is 5.56 Å². The molecular weight excluding hydrogens is 284 g/mol. The summed E-state index contributed by atoms with van der Waals surface area (Å²) in [5.41, 5.74) is 2.25. The first-order valence-corrected chi connectivity index (χ1v) is 7.62. The average molecular weight is 303 g/mol. The first-order chi connectivity index (χ1) is 10.3. The van der Waals surface area contributed by atoms with Gasteiger partial charge in [-0.15, -0.1) is 0 Å². The van der Waals surface area contributed by atoms with E-state index >= 15 is 0 Å². The summed E-state index contributed by atoms with van der Waals surface area (Å²) in [7, 11) is 0. The summed E-state index contributed by atoms with van der Waals surface area (Å²) in [6.45, 7) is 4.44. The number of anilines is 1. The molecule has 3 nitrogen and oxygen atoms in total. The van der Waals surface area contributed by atoms with E-state index in [2.05, 4.69) is 22.3 Å². The molecule has 4 heteroatoms. The van der Waals surface area contributed by atoms with Gasteiger partial charge in [-0.25, -0.2) is 0 Å². The molecule has 0 saturated carbocycles. The van der Waals surface area contributed by atoms with Gasteiger partial charge in [-0.05, 0) is 18.2 Å². The molecule has 0 atom stereocenters. The molecule has 110 valence electrons. The smallest absolute Gasteiger partial charge is 0.123 e. The number of rotatable bonds is 4.